The van der Waals surface area contributed by atoms with Crippen molar-refractivity contribution in [3.05, 3.63) is 29.6 Å². The molecule has 22 heavy (non-hydrogen) atoms. The predicted molar refractivity (Wildman–Crippen MR) is 79.4 cm³/mol. The van der Waals surface area contributed by atoms with Crippen LogP contribution in [0.15, 0.2) is 18.2 Å². The standard InChI is InChI=1S/C14H19F3N2O2.ClH/c1-21-12-8-10(15)2-3-11(12)13(14(16,17)9-20)19-6-4-18-5-7-19;/h2-3,8,13,18,20H,4-7,9H2,1H3;1H/t13-;/m1./s1. The van der Waals surface area contributed by atoms with Crippen LogP contribution in [0.4, 0.5) is 13.2 Å². The van der Waals surface area contributed by atoms with Crippen molar-refractivity contribution in [1.82, 2.24) is 10.2 Å². The molecule has 0 spiro atoms. The highest BCUT2D eigenvalue weighted by molar-refractivity contribution is 5.85. The number of nitrogens with zero attached hydrogens (tertiary/aromatic N) is 1. The lowest BCUT2D eigenvalue weighted by Crippen LogP contribution is -2.51. The maximum absolute atomic E-state index is 14.2. The van der Waals surface area contributed by atoms with Crippen molar-refractivity contribution in [3.63, 3.8) is 0 Å². The highest BCUT2D eigenvalue weighted by Crippen LogP contribution is 2.40. The van der Waals surface area contributed by atoms with Crippen LogP contribution in [0.5, 0.6) is 5.75 Å². The maximum Gasteiger partial charge on any atom is 0.290 e. The van der Waals surface area contributed by atoms with Gasteiger partial charge in [-0.1, -0.05) is 6.07 Å². The molecule has 8 heteroatoms. The molecule has 1 fully saturated rings. The van der Waals surface area contributed by atoms with E-state index in [9.17, 15) is 13.2 Å². The number of piperazine rings is 1. The first kappa shape index (κ1) is 19.0. The van der Waals surface area contributed by atoms with Gasteiger partial charge in [0.15, 0.2) is 0 Å². The summed E-state index contributed by atoms with van der Waals surface area (Å²) in [5.41, 5.74) is 0.180. The van der Waals surface area contributed by atoms with Crippen molar-refractivity contribution in [3.8, 4) is 5.75 Å². The molecule has 0 unspecified atom stereocenters. The number of benzene rings is 1. The second kappa shape index (κ2) is 8.01. The van der Waals surface area contributed by atoms with Gasteiger partial charge in [-0.3, -0.25) is 4.90 Å². The number of aliphatic hydroxyl groups excluding tert-OH is 1. The van der Waals surface area contributed by atoms with Gasteiger partial charge in [0, 0.05) is 37.8 Å². The first-order valence-electron chi connectivity index (χ1n) is 6.76. The Morgan fingerprint density at radius 2 is 2.00 bits per heavy atom. The van der Waals surface area contributed by atoms with E-state index in [1.165, 1.54) is 13.2 Å². The van der Waals surface area contributed by atoms with Crippen LogP contribution in [0.25, 0.3) is 0 Å². The van der Waals surface area contributed by atoms with Crippen LogP contribution in [0.1, 0.15) is 11.6 Å². The summed E-state index contributed by atoms with van der Waals surface area (Å²) in [6, 6.07) is 2.16. The second-order valence-corrected chi connectivity index (χ2v) is 4.99. The SMILES string of the molecule is COc1cc(F)ccc1[C@@H](N1CCNCC1)C(F)(F)CO.Cl. The van der Waals surface area contributed by atoms with Gasteiger partial charge in [0.25, 0.3) is 5.92 Å². The predicted octanol–water partition coefficient (Wildman–Crippen LogP) is 1.83. The summed E-state index contributed by atoms with van der Waals surface area (Å²) >= 11 is 0. The van der Waals surface area contributed by atoms with Crippen LogP contribution in [-0.4, -0.2) is 55.8 Å². The minimum absolute atomic E-state index is 0. The first-order valence-corrected chi connectivity index (χ1v) is 6.76. The van der Waals surface area contributed by atoms with Crippen LogP contribution < -0.4 is 10.1 Å². The molecule has 1 heterocycles. The zero-order valence-corrected chi connectivity index (χ0v) is 13.0. The molecule has 0 aliphatic carbocycles. The van der Waals surface area contributed by atoms with Crippen molar-refractivity contribution in [1.29, 1.82) is 0 Å². The molecule has 2 rings (SSSR count). The maximum atomic E-state index is 14.2. The van der Waals surface area contributed by atoms with Gasteiger partial charge in [0.05, 0.1) is 7.11 Å². The zero-order chi connectivity index (χ0) is 15.5. The average Bonchev–Trinajstić information content (AvgIpc) is 2.50. The number of hydrogen-bond acceptors (Lipinski definition) is 4. The molecule has 1 aromatic rings. The largest absolute Gasteiger partial charge is 0.496 e. The molecule has 0 aromatic heterocycles. The Kier molecular flexibility index (Phi) is 6.93. The number of alkyl halides is 2. The molecular weight excluding hydrogens is 321 g/mol. The van der Waals surface area contributed by atoms with E-state index in [4.69, 9.17) is 9.84 Å². The zero-order valence-electron chi connectivity index (χ0n) is 12.2. The lowest BCUT2D eigenvalue weighted by Gasteiger charge is -2.39. The molecule has 1 saturated heterocycles. The Hall–Kier alpha value is -1.02. The summed E-state index contributed by atoms with van der Waals surface area (Å²) in [6.45, 7) is 0.729. The molecule has 126 valence electrons. The van der Waals surface area contributed by atoms with E-state index in [1.54, 1.807) is 4.90 Å². The third-order valence-corrected chi connectivity index (χ3v) is 3.62. The molecule has 1 aliphatic heterocycles. The Bertz CT molecular complexity index is 485. The van der Waals surface area contributed by atoms with Crippen LogP contribution >= 0.6 is 12.4 Å². The lowest BCUT2D eigenvalue weighted by atomic mass is 9.97. The van der Waals surface area contributed by atoms with Crippen molar-refractivity contribution >= 4 is 12.4 Å². The first-order chi connectivity index (χ1) is 9.99. The Morgan fingerprint density at radius 1 is 1.36 bits per heavy atom. The number of aliphatic hydroxyl groups is 1. The number of nitrogens with one attached hydrogen (secondary N) is 1. The summed E-state index contributed by atoms with van der Waals surface area (Å²) in [7, 11) is 1.31. The van der Waals surface area contributed by atoms with E-state index in [0.29, 0.717) is 26.2 Å². The topological polar surface area (TPSA) is 44.7 Å². The van der Waals surface area contributed by atoms with Gasteiger partial charge in [-0.25, -0.2) is 13.2 Å². The van der Waals surface area contributed by atoms with Gasteiger partial charge in [-0.15, -0.1) is 12.4 Å². The summed E-state index contributed by atoms with van der Waals surface area (Å²) in [5, 5.41) is 12.2. The fourth-order valence-corrected chi connectivity index (χ4v) is 2.63. The normalized spacial score (nSPS) is 17.7. The van der Waals surface area contributed by atoms with Gasteiger partial charge in [0.1, 0.15) is 24.2 Å². The van der Waals surface area contributed by atoms with Gasteiger partial charge in [-0.2, -0.15) is 0 Å². The quantitative estimate of drug-likeness (QED) is 0.858. The van der Waals surface area contributed by atoms with E-state index in [2.05, 4.69) is 5.32 Å². The van der Waals surface area contributed by atoms with Gasteiger partial charge in [-0.05, 0) is 6.07 Å². The minimum Gasteiger partial charge on any atom is -0.496 e. The van der Waals surface area contributed by atoms with Crippen molar-refractivity contribution in [2.75, 3.05) is 39.9 Å². The lowest BCUT2D eigenvalue weighted by molar-refractivity contribution is -0.119. The van der Waals surface area contributed by atoms with Gasteiger partial charge < -0.3 is 15.2 Å². The molecule has 0 amide bonds. The fourth-order valence-electron chi connectivity index (χ4n) is 2.63. The minimum atomic E-state index is -3.34. The molecule has 1 aliphatic rings. The van der Waals surface area contributed by atoms with E-state index in [0.717, 1.165) is 12.1 Å². The van der Waals surface area contributed by atoms with Crippen LogP contribution in [0, 0.1) is 5.82 Å². The highest BCUT2D eigenvalue weighted by atomic mass is 35.5. The van der Waals surface area contributed by atoms with Crippen molar-refractivity contribution in [2.45, 2.75) is 12.0 Å². The molecule has 0 bridgehead atoms. The molecule has 0 radical (unpaired) electrons. The molecule has 0 saturated carbocycles. The third kappa shape index (κ3) is 4.04. The Balaban J connectivity index is 0.00000242. The molecular formula is C14H20ClF3N2O2. The highest BCUT2D eigenvalue weighted by Gasteiger charge is 2.45. The summed E-state index contributed by atoms with van der Waals surface area (Å²) < 4.78 is 46.8. The molecule has 4 nitrogen and oxygen atoms in total. The van der Waals surface area contributed by atoms with Crippen LogP contribution in [0.3, 0.4) is 0 Å². The van der Waals surface area contributed by atoms with E-state index >= 15 is 0 Å². The van der Waals surface area contributed by atoms with E-state index in [1.807, 2.05) is 0 Å². The number of hydrogen-bond donors (Lipinski definition) is 2. The molecule has 2 N–H and O–H groups in total. The fraction of sp³-hybridized carbons (Fsp3) is 0.571. The van der Waals surface area contributed by atoms with Crippen LogP contribution in [0.2, 0.25) is 0 Å². The van der Waals surface area contributed by atoms with Crippen molar-refractivity contribution in [2.24, 2.45) is 0 Å². The number of rotatable bonds is 5. The third-order valence-electron chi connectivity index (χ3n) is 3.62. The molecule has 1 aromatic carbocycles. The summed E-state index contributed by atoms with van der Waals surface area (Å²) in [4.78, 5) is 1.59. The number of ether oxygens (including phenoxy) is 1. The van der Waals surface area contributed by atoms with Crippen molar-refractivity contribution < 1.29 is 23.0 Å². The van der Waals surface area contributed by atoms with Crippen LogP contribution in [-0.2, 0) is 0 Å². The second-order valence-electron chi connectivity index (χ2n) is 4.99. The Morgan fingerprint density at radius 3 is 2.55 bits per heavy atom. The van der Waals surface area contributed by atoms with E-state index in [-0.39, 0.29) is 23.7 Å². The Labute approximate surface area is 133 Å². The van der Waals surface area contributed by atoms with Gasteiger partial charge >= 0.3 is 0 Å². The van der Waals surface area contributed by atoms with Gasteiger partial charge in [0.2, 0.25) is 0 Å². The number of methoxy groups -OCH3 is 1. The monoisotopic (exact) mass is 340 g/mol. The molecule has 1 atom stereocenters. The summed E-state index contributed by atoms with van der Waals surface area (Å²) in [6.07, 6.45) is 0. The average molecular weight is 341 g/mol. The summed E-state index contributed by atoms with van der Waals surface area (Å²) in [5.74, 6) is -3.84. The number of halogens is 4. The smallest absolute Gasteiger partial charge is 0.290 e. The van der Waals surface area contributed by atoms with E-state index < -0.39 is 24.4 Å².